The summed E-state index contributed by atoms with van der Waals surface area (Å²) in [6, 6.07) is 6.40. The minimum atomic E-state index is -0.946. The van der Waals surface area contributed by atoms with Crippen LogP contribution >= 0.6 is 11.3 Å². The molecule has 8 nitrogen and oxygen atoms in total. The SMILES string of the molecule is Cc1cnc(NC(=O)[C@H](C)N2CC[C@@]3(CCC2=O)NC(=O)c2ccccc2O3)s1. The van der Waals surface area contributed by atoms with E-state index in [0.29, 0.717) is 35.8 Å². The Balaban J connectivity index is 1.48. The topological polar surface area (TPSA) is 101 Å². The van der Waals surface area contributed by atoms with Crippen LogP contribution in [0.2, 0.25) is 0 Å². The normalized spacial score (nSPS) is 22.3. The third kappa shape index (κ3) is 3.82. The first kappa shape index (κ1) is 19.4. The Morgan fingerprint density at radius 2 is 2.14 bits per heavy atom. The first-order valence-electron chi connectivity index (χ1n) is 9.50. The lowest BCUT2D eigenvalue weighted by molar-refractivity contribution is -0.137. The van der Waals surface area contributed by atoms with Crippen molar-refractivity contribution in [3.8, 4) is 5.75 Å². The Morgan fingerprint density at radius 1 is 1.34 bits per heavy atom. The number of nitrogens with one attached hydrogen (secondary N) is 2. The van der Waals surface area contributed by atoms with Gasteiger partial charge in [0.2, 0.25) is 11.8 Å². The molecular weight excluding hydrogens is 392 g/mol. The number of anilines is 1. The van der Waals surface area contributed by atoms with Crippen molar-refractivity contribution in [2.45, 2.75) is 44.9 Å². The number of carbonyl (C=O) groups excluding carboxylic acids is 3. The van der Waals surface area contributed by atoms with Crippen molar-refractivity contribution in [2.75, 3.05) is 11.9 Å². The third-order valence-electron chi connectivity index (χ3n) is 5.30. The molecule has 1 spiro atoms. The molecule has 2 aliphatic heterocycles. The van der Waals surface area contributed by atoms with Crippen molar-refractivity contribution in [3.05, 3.63) is 40.9 Å². The molecule has 29 heavy (non-hydrogen) atoms. The number of thiazole rings is 1. The maximum absolute atomic E-state index is 12.7. The first-order valence-corrected chi connectivity index (χ1v) is 10.3. The van der Waals surface area contributed by atoms with Gasteiger partial charge in [-0.15, -0.1) is 11.3 Å². The molecule has 1 aromatic heterocycles. The Morgan fingerprint density at radius 3 is 2.90 bits per heavy atom. The monoisotopic (exact) mass is 414 g/mol. The molecule has 9 heteroatoms. The molecular formula is C20H22N4O4S. The van der Waals surface area contributed by atoms with E-state index in [0.717, 1.165) is 4.88 Å². The fourth-order valence-electron chi connectivity index (χ4n) is 3.66. The van der Waals surface area contributed by atoms with Gasteiger partial charge in [-0.05, 0) is 26.0 Å². The van der Waals surface area contributed by atoms with Crippen molar-refractivity contribution < 1.29 is 19.1 Å². The maximum Gasteiger partial charge on any atom is 0.258 e. The average Bonchev–Trinajstić information content (AvgIpc) is 3.04. The number of para-hydroxylation sites is 1. The highest BCUT2D eigenvalue weighted by molar-refractivity contribution is 7.15. The lowest BCUT2D eigenvalue weighted by atomic mass is 10.0. The molecule has 3 amide bonds. The summed E-state index contributed by atoms with van der Waals surface area (Å²) in [5.74, 6) is -0.126. The summed E-state index contributed by atoms with van der Waals surface area (Å²) >= 11 is 1.38. The molecule has 2 aromatic rings. The zero-order valence-corrected chi connectivity index (χ0v) is 17.0. The number of aryl methyl sites for hydroxylation is 1. The van der Waals surface area contributed by atoms with Crippen LogP contribution in [0.15, 0.2) is 30.5 Å². The Kier molecular flexibility index (Phi) is 4.99. The van der Waals surface area contributed by atoms with Crippen molar-refractivity contribution >= 4 is 34.2 Å². The molecule has 2 N–H and O–H groups in total. The summed E-state index contributed by atoms with van der Waals surface area (Å²) in [6.45, 7) is 3.90. The van der Waals surface area contributed by atoms with Crippen molar-refractivity contribution in [2.24, 2.45) is 0 Å². The minimum Gasteiger partial charge on any atom is -0.467 e. The highest BCUT2D eigenvalue weighted by atomic mass is 32.1. The number of hydrogen-bond donors (Lipinski definition) is 2. The second kappa shape index (κ2) is 7.47. The summed E-state index contributed by atoms with van der Waals surface area (Å²) in [4.78, 5) is 44.5. The molecule has 4 rings (SSSR count). The van der Waals surface area contributed by atoms with Crippen LogP contribution in [0.25, 0.3) is 0 Å². The number of benzene rings is 1. The molecule has 1 saturated heterocycles. The van der Waals surface area contributed by atoms with Crippen LogP contribution in [-0.2, 0) is 9.59 Å². The van der Waals surface area contributed by atoms with Crippen LogP contribution in [0, 0.1) is 6.92 Å². The fourth-order valence-corrected chi connectivity index (χ4v) is 4.32. The number of aromatic nitrogens is 1. The number of fused-ring (bicyclic) bond motifs is 1. The summed E-state index contributed by atoms with van der Waals surface area (Å²) in [5.41, 5.74) is -0.463. The Bertz CT molecular complexity index is 975. The molecule has 1 aromatic carbocycles. The number of ether oxygens (including phenoxy) is 1. The van der Waals surface area contributed by atoms with Gasteiger partial charge < -0.3 is 20.3 Å². The van der Waals surface area contributed by atoms with Gasteiger partial charge in [0.05, 0.1) is 5.56 Å². The van der Waals surface area contributed by atoms with Crippen LogP contribution in [-0.4, -0.2) is 45.9 Å². The second-order valence-corrected chi connectivity index (χ2v) is 8.56. The second-order valence-electron chi connectivity index (χ2n) is 7.33. The van der Waals surface area contributed by atoms with Crippen LogP contribution in [0.5, 0.6) is 5.75 Å². The van der Waals surface area contributed by atoms with Crippen molar-refractivity contribution in [1.29, 1.82) is 0 Å². The minimum absolute atomic E-state index is 0.142. The summed E-state index contributed by atoms with van der Waals surface area (Å²) < 4.78 is 6.13. The number of likely N-dealkylation sites (tertiary alicyclic amines) is 1. The number of rotatable bonds is 3. The first-order chi connectivity index (χ1) is 13.9. The molecule has 152 valence electrons. The average molecular weight is 414 g/mol. The zero-order chi connectivity index (χ0) is 20.6. The standard InChI is InChI=1S/C20H22N4O4S/c1-12-11-21-19(29-12)22-17(26)13(2)24-10-9-20(8-7-16(24)25)23-18(27)14-5-3-4-6-15(14)28-20/h3-6,11,13H,7-10H2,1-2H3,(H,23,27)(H,21,22,26)/t13-,20-/m0/s1. The zero-order valence-electron chi connectivity index (χ0n) is 16.2. The molecule has 3 heterocycles. The van der Waals surface area contributed by atoms with Gasteiger partial charge in [0, 0.05) is 36.9 Å². The molecule has 0 unspecified atom stereocenters. The van der Waals surface area contributed by atoms with Gasteiger partial charge in [-0.3, -0.25) is 14.4 Å². The lowest BCUT2D eigenvalue weighted by Gasteiger charge is -2.38. The number of nitrogens with zero attached hydrogens (tertiary/aromatic N) is 2. The molecule has 0 saturated carbocycles. The predicted molar refractivity (Wildman–Crippen MR) is 108 cm³/mol. The largest absolute Gasteiger partial charge is 0.467 e. The van der Waals surface area contributed by atoms with Gasteiger partial charge in [-0.2, -0.15) is 0 Å². The highest BCUT2D eigenvalue weighted by Crippen LogP contribution is 2.34. The smallest absolute Gasteiger partial charge is 0.258 e. The highest BCUT2D eigenvalue weighted by Gasteiger charge is 2.43. The van der Waals surface area contributed by atoms with Gasteiger partial charge in [-0.25, -0.2) is 4.98 Å². The summed E-state index contributed by atoms with van der Waals surface area (Å²) in [7, 11) is 0. The van der Waals surface area contributed by atoms with Gasteiger partial charge >= 0.3 is 0 Å². The van der Waals surface area contributed by atoms with Gasteiger partial charge in [0.1, 0.15) is 11.8 Å². The summed E-state index contributed by atoms with van der Waals surface area (Å²) in [5, 5.41) is 6.21. The summed E-state index contributed by atoms with van der Waals surface area (Å²) in [6.07, 6.45) is 2.61. The fraction of sp³-hybridized carbons (Fsp3) is 0.400. The van der Waals surface area contributed by atoms with Crippen LogP contribution in [0.4, 0.5) is 5.13 Å². The van der Waals surface area contributed by atoms with Crippen molar-refractivity contribution in [1.82, 2.24) is 15.2 Å². The van der Waals surface area contributed by atoms with E-state index in [2.05, 4.69) is 15.6 Å². The van der Waals surface area contributed by atoms with Crippen LogP contribution in [0.1, 0.15) is 41.4 Å². The quantitative estimate of drug-likeness (QED) is 0.803. The number of amides is 3. The van der Waals surface area contributed by atoms with E-state index in [1.54, 1.807) is 36.2 Å². The van der Waals surface area contributed by atoms with Gasteiger partial charge in [-0.1, -0.05) is 12.1 Å². The number of carbonyl (C=O) groups is 3. The van der Waals surface area contributed by atoms with Crippen molar-refractivity contribution in [3.63, 3.8) is 0 Å². The molecule has 0 aliphatic carbocycles. The molecule has 1 fully saturated rings. The molecule has 2 aliphatic rings. The molecule has 2 atom stereocenters. The van der Waals surface area contributed by atoms with Gasteiger partial charge in [0.15, 0.2) is 10.9 Å². The van der Waals surface area contributed by atoms with Crippen LogP contribution < -0.4 is 15.4 Å². The Hall–Kier alpha value is -2.94. The molecule has 0 bridgehead atoms. The van der Waals surface area contributed by atoms with Gasteiger partial charge in [0.25, 0.3) is 5.91 Å². The van der Waals surface area contributed by atoms with E-state index in [4.69, 9.17) is 4.74 Å². The predicted octanol–water partition coefficient (Wildman–Crippen LogP) is 2.31. The van der Waals surface area contributed by atoms with E-state index >= 15 is 0 Å². The molecule has 0 radical (unpaired) electrons. The van der Waals surface area contributed by atoms with E-state index < -0.39 is 11.8 Å². The van der Waals surface area contributed by atoms with E-state index in [1.807, 2.05) is 13.0 Å². The lowest BCUT2D eigenvalue weighted by Crippen LogP contribution is -2.56. The Labute approximate surface area is 172 Å². The van der Waals surface area contributed by atoms with E-state index in [1.165, 1.54) is 11.3 Å². The van der Waals surface area contributed by atoms with Crippen LogP contribution in [0.3, 0.4) is 0 Å². The maximum atomic E-state index is 12.7. The number of hydrogen-bond acceptors (Lipinski definition) is 6. The van der Waals surface area contributed by atoms with E-state index in [9.17, 15) is 14.4 Å². The third-order valence-corrected chi connectivity index (χ3v) is 6.12. The van der Waals surface area contributed by atoms with E-state index in [-0.39, 0.29) is 24.1 Å².